The van der Waals surface area contributed by atoms with Gasteiger partial charge in [0.05, 0.1) is 16.2 Å². The Morgan fingerprint density at radius 3 is 2.58 bits per heavy atom. The zero-order chi connectivity index (χ0) is 13.8. The molecule has 2 aromatic rings. The fourth-order valence-electron chi connectivity index (χ4n) is 2.03. The van der Waals surface area contributed by atoms with Gasteiger partial charge in [0.15, 0.2) is 0 Å². The SMILES string of the molecule is CCn1cc(CC(N)Cc2ccc(Cl)c(Cl)c2)cn1. The second-order valence-electron chi connectivity index (χ2n) is 4.62. The molecule has 1 atom stereocenters. The van der Waals surface area contributed by atoms with Crippen molar-refractivity contribution in [1.29, 1.82) is 0 Å². The van der Waals surface area contributed by atoms with Crippen molar-refractivity contribution in [2.45, 2.75) is 32.4 Å². The van der Waals surface area contributed by atoms with Gasteiger partial charge in [-0.15, -0.1) is 0 Å². The minimum atomic E-state index is 0.0479. The Labute approximate surface area is 123 Å². The van der Waals surface area contributed by atoms with Crippen molar-refractivity contribution in [2.75, 3.05) is 0 Å². The van der Waals surface area contributed by atoms with E-state index in [1.165, 1.54) is 0 Å². The topological polar surface area (TPSA) is 43.8 Å². The Hall–Kier alpha value is -1.03. The normalized spacial score (nSPS) is 12.6. The lowest BCUT2D eigenvalue weighted by Gasteiger charge is -2.11. The largest absolute Gasteiger partial charge is 0.327 e. The number of aromatic nitrogens is 2. The molecule has 0 aliphatic heterocycles. The predicted molar refractivity (Wildman–Crippen MR) is 79.7 cm³/mol. The van der Waals surface area contributed by atoms with Crippen molar-refractivity contribution in [3.05, 3.63) is 51.8 Å². The maximum atomic E-state index is 6.16. The second kappa shape index (κ2) is 6.42. The summed E-state index contributed by atoms with van der Waals surface area (Å²) in [5.41, 5.74) is 8.43. The molecule has 2 rings (SSSR count). The third kappa shape index (κ3) is 3.96. The summed E-state index contributed by atoms with van der Waals surface area (Å²) in [6.07, 6.45) is 5.49. The summed E-state index contributed by atoms with van der Waals surface area (Å²) in [7, 11) is 0. The molecule has 0 spiro atoms. The van der Waals surface area contributed by atoms with Gasteiger partial charge in [-0.1, -0.05) is 29.3 Å². The molecule has 1 heterocycles. The van der Waals surface area contributed by atoms with E-state index in [0.29, 0.717) is 10.0 Å². The highest BCUT2D eigenvalue weighted by atomic mass is 35.5. The fraction of sp³-hybridized carbons (Fsp3) is 0.357. The number of rotatable bonds is 5. The monoisotopic (exact) mass is 297 g/mol. The zero-order valence-electron chi connectivity index (χ0n) is 10.8. The number of halogens is 2. The van der Waals surface area contributed by atoms with E-state index < -0.39 is 0 Å². The number of nitrogens with two attached hydrogens (primary N) is 1. The quantitative estimate of drug-likeness (QED) is 0.920. The van der Waals surface area contributed by atoms with E-state index in [1.807, 2.05) is 29.2 Å². The first-order valence-corrected chi connectivity index (χ1v) is 7.05. The minimum Gasteiger partial charge on any atom is -0.327 e. The molecule has 0 aliphatic rings. The summed E-state index contributed by atoms with van der Waals surface area (Å²) in [5, 5.41) is 5.39. The fourth-order valence-corrected chi connectivity index (χ4v) is 2.35. The molecule has 0 amide bonds. The molecule has 1 unspecified atom stereocenters. The first kappa shape index (κ1) is 14.4. The molecule has 0 aliphatic carbocycles. The Balaban J connectivity index is 1.96. The van der Waals surface area contributed by atoms with Gasteiger partial charge in [-0.05, 0) is 43.0 Å². The van der Waals surface area contributed by atoms with Crippen LogP contribution in [0.5, 0.6) is 0 Å². The van der Waals surface area contributed by atoms with Crippen molar-refractivity contribution in [3.8, 4) is 0 Å². The van der Waals surface area contributed by atoms with Crippen LogP contribution in [-0.4, -0.2) is 15.8 Å². The van der Waals surface area contributed by atoms with Crippen molar-refractivity contribution in [2.24, 2.45) is 5.73 Å². The summed E-state index contributed by atoms with van der Waals surface area (Å²) in [6.45, 7) is 2.94. The molecule has 0 radical (unpaired) electrons. The van der Waals surface area contributed by atoms with Crippen molar-refractivity contribution in [3.63, 3.8) is 0 Å². The van der Waals surface area contributed by atoms with Crippen LogP contribution in [0.15, 0.2) is 30.6 Å². The first-order valence-electron chi connectivity index (χ1n) is 6.29. The van der Waals surface area contributed by atoms with Gasteiger partial charge in [-0.25, -0.2) is 0 Å². The van der Waals surface area contributed by atoms with E-state index in [-0.39, 0.29) is 6.04 Å². The molecule has 2 N–H and O–H groups in total. The molecular weight excluding hydrogens is 281 g/mol. The Morgan fingerprint density at radius 2 is 1.95 bits per heavy atom. The van der Waals surface area contributed by atoms with E-state index >= 15 is 0 Å². The molecule has 0 saturated heterocycles. The Morgan fingerprint density at radius 1 is 1.21 bits per heavy atom. The molecule has 1 aromatic carbocycles. The average molecular weight is 298 g/mol. The molecule has 102 valence electrons. The van der Waals surface area contributed by atoms with E-state index in [4.69, 9.17) is 28.9 Å². The average Bonchev–Trinajstić information content (AvgIpc) is 2.81. The van der Waals surface area contributed by atoms with Crippen LogP contribution in [0.3, 0.4) is 0 Å². The van der Waals surface area contributed by atoms with Crippen LogP contribution in [0, 0.1) is 0 Å². The van der Waals surface area contributed by atoms with Crippen LogP contribution in [0.4, 0.5) is 0 Å². The second-order valence-corrected chi connectivity index (χ2v) is 5.44. The van der Waals surface area contributed by atoms with Gasteiger partial charge in [0.1, 0.15) is 0 Å². The standard InChI is InChI=1S/C14H17Cl2N3/c1-2-19-9-11(8-18-19)6-12(17)5-10-3-4-13(15)14(16)7-10/h3-4,7-9,12H,2,5-6,17H2,1H3. The lowest BCUT2D eigenvalue weighted by Crippen LogP contribution is -2.25. The van der Waals surface area contributed by atoms with Gasteiger partial charge in [0.2, 0.25) is 0 Å². The van der Waals surface area contributed by atoms with Crippen LogP contribution in [-0.2, 0) is 19.4 Å². The Bertz CT molecular complexity index is 551. The maximum absolute atomic E-state index is 6.16. The molecule has 0 bridgehead atoms. The molecule has 5 heteroatoms. The van der Waals surface area contributed by atoms with Gasteiger partial charge >= 0.3 is 0 Å². The molecule has 1 aromatic heterocycles. The van der Waals surface area contributed by atoms with E-state index in [0.717, 1.165) is 30.5 Å². The highest BCUT2D eigenvalue weighted by Crippen LogP contribution is 2.23. The van der Waals surface area contributed by atoms with Gasteiger partial charge in [-0.3, -0.25) is 4.68 Å². The van der Waals surface area contributed by atoms with Crippen LogP contribution >= 0.6 is 23.2 Å². The van der Waals surface area contributed by atoms with Gasteiger partial charge in [0, 0.05) is 18.8 Å². The molecule has 3 nitrogen and oxygen atoms in total. The first-order chi connectivity index (χ1) is 9.08. The highest BCUT2D eigenvalue weighted by Gasteiger charge is 2.08. The van der Waals surface area contributed by atoms with Crippen LogP contribution in [0.25, 0.3) is 0 Å². The number of hydrogen-bond donors (Lipinski definition) is 1. The summed E-state index contributed by atoms with van der Waals surface area (Å²) >= 11 is 11.9. The third-order valence-corrected chi connectivity index (χ3v) is 3.73. The van der Waals surface area contributed by atoms with E-state index in [2.05, 4.69) is 12.0 Å². The molecular formula is C14H17Cl2N3. The summed E-state index contributed by atoms with van der Waals surface area (Å²) < 4.78 is 1.90. The van der Waals surface area contributed by atoms with Crippen LogP contribution in [0.2, 0.25) is 10.0 Å². The minimum absolute atomic E-state index is 0.0479. The summed E-state index contributed by atoms with van der Waals surface area (Å²) in [6, 6.07) is 5.69. The van der Waals surface area contributed by atoms with Crippen molar-refractivity contribution >= 4 is 23.2 Å². The molecule has 0 fully saturated rings. The lowest BCUT2D eigenvalue weighted by atomic mass is 10.0. The number of nitrogens with zero attached hydrogens (tertiary/aromatic N) is 2. The number of hydrogen-bond acceptors (Lipinski definition) is 2. The van der Waals surface area contributed by atoms with Crippen LogP contribution < -0.4 is 5.73 Å². The smallest absolute Gasteiger partial charge is 0.0595 e. The third-order valence-electron chi connectivity index (χ3n) is 2.99. The summed E-state index contributed by atoms with van der Waals surface area (Å²) in [5.74, 6) is 0. The number of benzene rings is 1. The van der Waals surface area contributed by atoms with E-state index in [9.17, 15) is 0 Å². The predicted octanol–water partition coefficient (Wildman–Crippen LogP) is 3.32. The van der Waals surface area contributed by atoms with Crippen LogP contribution in [0.1, 0.15) is 18.1 Å². The highest BCUT2D eigenvalue weighted by molar-refractivity contribution is 6.42. The van der Waals surface area contributed by atoms with Crippen molar-refractivity contribution in [1.82, 2.24) is 9.78 Å². The summed E-state index contributed by atoms with van der Waals surface area (Å²) in [4.78, 5) is 0. The molecule has 0 saturated carbocycles. The zero-order valence-corrected chi connectivity index (χ0v) is 12.3. The van der Waals surface area contributed by atoms with E-state index in [1.54, 1.807) is 6.07 Å². The van der Waals surface area contributed by atoms with Gasteiger partial charge < -0.3 is 5.73 Å². The van der Waals surface area contributed by atoms with Gasteiger partial charge in [0.25, 0.3) is 0 Å². The van der Waals surface area contributed by atoms with Crippen molar-refractivity contribution < 1.29 is 0 Å². The molecule has 19 heavy (non-hydrogen) atoms. The Kier molecular flexibility index (Phi) is 4.86. The lowest BCUT2D eigenvalue weighted by molar-refractivity contribution is 0.650. The van der Waals surface area contributed by atoms with Gasteiger partial charge in [-0.2, -0.15) is 5.10 Å². The maximum Gasteiger partial charge on any atom is 0.0595 e. The number of aryl methyl sites for hydroxylation is 1.